The van der Waals surface area contributed by atoms with Crippen LogP contribution < -0.4 is 0 Å². The van der Waals surface area contributed by atoms with Crippen LogP contribution in [0.4, 0.5) is 0 Å². The summed E-state index contributed by atoms with van der Waals surface area (Å²) in [6.45, 7) is 4.54. The zero-order chi connectivity index (χ0) is 23.3. The summed E-state index contributed by atoms with van der Waals surface area (Å²) in [6.07, 6.45) is -7.95. The molecule has 1 aliphatic rings. The molecule has 1 aromatic carbocycles. The van der Waals surface area contributed by atoms with Gasteiger partial charge in [-0.1, -0.05) is 17.7 Å². The fourth-order valence-corrected chi connectivity index (χ4v) is 3.98. The zero-order valence-electron chi connectivity index (χ0n) is 17.3. The minimum absolute atomic E-state index is 0.210. The first-order chi connectivity index (χ1) is 14.4. The normalized spacial score (nSPS) is 26.0. The van der Waals surface area contributed by atoms with E-state index in [1.54, 1.807) is 19.1 Å². The Morgan fingerprint density at radius 1 is 0.935 bits per heavy atom. The van der Waals surface area contributed by atoms with Crippen molar-refractivity contribution in [3.8, 4) is 0 Å². The van der Waals surface area contributed by atoms with Crippen LogP contribution in [0.2, 0.25) is 0 Å². The van der Waals surface area contributed by atoms with Gasteiger partial charge in [0.15, 0.2) is 24.6 Å². The number of hydrogen-bond donors (Lipinski definition) is 1. The average molecular weight is 460 g/mol. The molecule has 5 atom stereocenters. The minimum atomic E-state index is -4.43. The number of hydrogen-bond acceptors (Lipinski definition) is 11. The summed E-state index contributed by atoms with van der Waals surface area (Å²) in [5.74, 6) is -2.34. The number of carbonyl (C=O) groups excluding carboxylic acids is 3. The van der Waals surface area contributed by atoms with Crippen LogP contribution in [-0.4, -0.2) is 68.7 Å². The van der Waals surface area contributed by atoms with Gasteiger partial charge in [0.05, 0.1) is 4.90 Å². The highest BCUT2D eigenvalue weighted by Gasteiger charge is 2.52. The molecule has 1 saturated heterocycles. The Balaban J connectivity index is 2.39. The Bertz CT molecular complexity index is 909. The van der Waals surface area contributed by atoms with E-state index < -0.39 is 65.3 Å². The number of esters is 3. The molecule has 1 aromatic rings. The van der Waals surface area contributed by atoms with E-state index in [1.807, 2.05) is 0 Å². The van der Waals surface area contributed by atoms with E-state index in [9.17, 15) is 27.9 Å². The van der Waals surface area contributed by atoms with Gasteiger partial charge in [-0.3, -0.25) is 18.6 Å². The molecule has 2 rings (SSSR count). The quantitative estimate of drug-likeness (QED) is 0.338. The summed E-state index contributed by atoms with van der Waals surface area (Å²) in [5.41, 5.74) is 0.806. The number of aryl methyl sites for hydroxylation is 1. The second-order valence-corrected chi connectivity index (χ2v) is 8.42. The zero-order valence-corrected chi connectivity index (χ0v) is 18.2. The Morgan fingerprint density at radius 3 is 2.00 bits per heavy atom. The standard InChI is InChI=1S/C19H24O11S/c1-10-5-7-14(8-6-10)31(24,25)30-18-17(28-13(4)22)16(27-12(3)21)15(29-19(18)23)9-26-11(2)20/h5-8,15-19,23H,9H2,1-4H3/t15-,16+,17+,18-,19+/m1/s1. The largest absolute Gasteiger partial charge is 0.463 e. The molecule has 1 N–H and O–H groups in total. The summed E-state index contributed by atoms with van der Waals surface area (Å²) in [6, 6.07) is 5.69. The number of rotatable bonds is 7. The second kappa shape index (κ2) is 10.2. The van der Waals surface area contributed by atoms with Crippen molar-refractivity contribution in [3.05, 3.63) is 29.8 Å². The SMILES string of the molecule is CC(=O)OC[C@H]1O[C@H](O)[C@H](OS(=O)(=O)c2ccc(C)cc2)[C@@H](OC(C)=O)[C@H]1OC(C)=O. The molecule has 0 spiro atoms. The molecule has 0 radical (unpaired) electrons. The topological polar surface area (TPSA) is 152 Å². The Hall–Kier alpha value is -2.54. The predicted molar refractivity (Wildman–Crippen MR) is 102 cm³/mol. The molecular weight excluding hydrogens is 436 g/mol. The third kappa shape index (κ3) is 6.72. The lowest BCUT2D eigenvalue weighted by atomic mass is 9.98. The molecule has 1 fully saturated rings. The fourth-order valence-electron chi connectivity index (χ4n) is 2.90. The van der Waals surface area contributed by atoms with Gasteiger partial charge in [0.2, 0.25) is 0 Å². The van der Waals surface area contributed by atoms with Gasteiger partial charge in [0.25, 0.3) is 10.1 Å². The van der Waals surface area contributed by atoms with E-state index in [0.29, 0.717) is 0 Å². The van der Waals surface area contributed by atoms with Crippen LogP contribution in [0.25, 0.3) is 0 Å². The Morgan fingerprint density at radius 2 is 1.48 bits per heavy atom. The van der Waals surface area contributed by atoms with Crippen LogP contribution in [0, 0.1) is 6.92 Å². The van der Waals surface area contributed by atoms with Crippen molar-refractivity contribution >= 4 is 28.0 Å². The predicted octanol–water partition coefficient (Wildman–Crippen LogP) is 0.213. The molecule has 1 aliphatic heterocycles. The highest BCUT2D eigenvalue weighted by atomic mass is 32.2. The highest BCUT2D eigenvalue weighted by molar-refractivity contribution is 7.86. The second-order valence-electron chi connectivity index (χ2n) is 6.84. The maximum absolute atomic E-state index is 12.7. The number of carbonyl (C=O) groups is 3. The van der Waals surface area contributed by atoms with Crippen LogP contribution in [0.15, 0.2) is 29.2 Å². The smallest absolute Gasteiger partial charge is 0.303 e. The molecule has 172 valence electrons. The number of aliphatic hydroxyl groups excluding tert-OH is 1. The number of benzene rings is 1. The maximum atomic E-state index is 12.7. The van der Waals surface area contributed by atoms with E-state index in [-0.39, 0.29) is 4.90 Å². The van der Waals surface area contributed by atoms with E-state index >= 15 is 0 Å². The van der Waals surface area contributed by atoms with Crippen LogP contribution in [0.5, 0.6) is 0 Å². The van der Waals surface area contributed by atoms with Gasteiger partial charge in [-0.05, 0) is 19.1 Å². The van der Waals surface area contributed by atoms with Gasteiger partial charge in [0.1, 0.15) is 12.7 Å². The molecule has 11 nitrogen and oxygen atoms in total. The molecule has 12 heteroatoms. The summed E-state index contributed by atoms with van der Waals surface area (Å²) in [7, 11) is -4.43. The molecule has 0 aromatic heterocycles. The van der Waals surface area contributed by atoms with Crippen molar-refractivity contribution < 1.29 is 51.0 Å². The molecule has 1 heterocycles. The van der Waals surface area contributed by atoms with Gasteiger partial charge < -0.3 is 24.1 Å². The van der Waals surface area contributed by atoms with Crippen LogP contribution in [0.3, 0.4) is 0 Å². The van der Waals surface area contributed by atoms with E-state index in [2.05, 4.69) is 0 Å². The van der Waals surface area contributed by atoms with Crippen molar-refractivity contribution in [1.29, 1.82) is 0 Å². The molecular formula is C19H24O11S. The average Bonchev–Trinajstić information content (AvgIpc) is 2.65. The van der Waals surface area contributed by atoms with E-state index in [0.717, 1.165) is 26.3 Å². The molecule has 0 bridgehead atoms. The molecule has 0 unspecified atom stereocenters. The third-order valence-electron chi connectivity index (χ3n) is 4.21. The van der Waals surface area contributed by atoms with Gasteiger partial charge in [-0.2, -0.15) is 8.42 Å². The van der Waals surface area contributed by atoms with E-state index in [4.69, 9.17) is 23.1 Å². The highest BCUT2D eigenvalue weighted by Crippen LogP contribution is 2.30. The van der Waals surface area contributed by atoms with Gasteiger partial charge >= 0.3 is 17.9 Å². The summed E-state index contributed by atoms with van der Waals surface area (Å²) in [4.78, 5) is 34.2. The third-order valence-corrected chi connectivity index (χ3v) is 5.54. The summed E-state index contributed by atoms with van der Waals surface area (Å²) in [5, 5.41) is 10.4. The lowest BCUT2D eigenvalue weighted by molar-refractivity contribution is -0.287. The first-order valence-electron chi connectivity index (χ1n) is 9.22. The Kier molecular flexibility index (Phi) is 8.12. The van der Waals surface area contributed by atoms with Gasteiger partial charge in [0, 0.05) is 20.8 Å². The maximum Gasteiger partial charge on any atom is 0.303 e. The van der Waals surface area contributed by atoms with Crippen LogP contribution >= 0.6 is 0 Å². The lowest BCUT2D eigenvalue weighted by Gasteiger charge is -2.42. The van der Waals surface area contributed by atoms with Crippen molar-refractivity contribution in [2.75, 3.05) is 6.61 Å². The van der Waals surface area contributed by atoms with Crippen LogP contribution in [0.1, 0.15) is 26.3 Å². The number of aliphatic hydroxyl groups is 1. The summed E-state index contributed by atoms with van der Waals surface area (Å²) >= 11 is 0. The molecule has 0 amide bonds. The fraction of sp³-hybridized carbons (Fsp3) is 0.526. The van der Waals surface area contributed by atoms with Crippen molar-refractivity contribution in [2.45, 2.75) is 63.3 Å². The molecule has 31 heavy (non-hydrogen) atoms. The number of ether oxygens (including phenoxy) is 4. The van der Waals surface area contributed by atoms with Crippen molar-refractivity contribution in [2.24, 2.45) is 0 Å². The van der Waals surface area contributed by atoms with Gasteiger partial charge in [-0.15, -0.1) is 0 Å². The Labute approximate surface area is 179 Å². The van der Waals surface area contributed by atoms with Gasteiger partial charge in [-0.25, -0.2) is 0 Å². The first-order valence-corrected chi connectivity index (χ1v) is 10.6. The van der Waals surface area contributed by atoms with Crippen molar-refractivity contribution in [3.63, 3.8) is 0 Å². The monoisotopic (exact) mass is 460 g/mol. The minimum Gasteiger partial charge on any atom is -0.463 e. The molecule has 0 aliphatic carbocycles. The summed E-state index contributed by atoms with van der Waals surface area (Å²) < 4.78 is 51.0. The van der Waals surface area contributed by atoms with Crippen molar-refractivity contribution in [1.82, 2.24) is 0 Å². The lowest BCUT2D eigenvalue weighted by Crippen LogP contribution is -2.62. The van der Waals surface area contributed by atoms with Crippen LogP contribution in [-0.2, 0) is 47.6 Å². The van der Waals surface area contributed by atoms with E-state index in [1.165, 1.54) is 12.1 Å². The first kappa shape index (κ1) is 24.7. The molecule has 0 saturated carbocycles.